The van der Waals surface area contributed by atoms with Crippen molar-refractivity contribution in [1.29, 1.82) is 10.5 Å². The van der Waals surface area contributed by atoms with Crippen LogP contribution in [0.15, 0.2) is 0 Å². The molecule has 8 heteroatoms. The topological polar surface area (TPSA) is 117 Å². The average molecular weight is 421 g/mol. The lowest BCUT2D eigenvalue weighted by molar-refractivity contribution is -0.194. The molecule has 0 aromatic heterocycles. The monoisotopic (exact) mass is 420 g/mol. The highest BCUT2D eigenvalue weighted by atomic mass is 32.2. The molecule has 0 bridgehead atoms. The first-order valence-electron chi connectivity index (χ1n) is 9.62. The van der Waals surface area contributed by atoms with E-state index in [0.29, 0.717) is 0 Å². The highest BCUT2D eigenvalue weighted by Crippen LogP contribution is 2.84. The van der Waals surface area contributed by atoms with Crippen LogP contribution in [0.2, 0.25) is 0 Å². The molecule has 2 fully saturated rings. The first-order valence-corrected chi connectivity index (χ1v) is 10.4. The molecule has 0 aromatic carbocycles. The Hall–Kier alpha value is -2.06. The molecule has 158 valence electrons. The molecular weight excluding hydrogens is 392 g/mol. The Morgan fingerprint density at radius 1 is 0.862 bits per heavy atom. The number of ether oxygens (including phenoxy) is 2. The molecule has 1 heterocycles. The van der Waals surface area contributed by atoms with Gasteiger partial charge in [-0.05, 0) is 27.7 Å². The van der Waals surface area contributed by atoms with E-state index in [4.69, 9.17) is 9.47 Å². The quantitative estimate of drug-likeness (QED) is 0.637. The van der Waals surface area contributed by atoms with Crippen LogP contribution in [0.5, 0.6) is 0 Å². The summed E-state index contributed by atoms with van der Waals surface area (Å²) >= 11 is 1.18. The molecule has 7 nitrogen and oxygen atoms in total. The zero-order chi connectivity index (χ0) is 22.7. The van der Waals surface area contributed by atoms with Crippen LogP contribution in [-0.2, 0) is 23.9 Å². The number of rotatable bonds is 4. The molecule has 1 saturated carbocycles. The highest BCUT2D eigenvalue weighted by molar-refractivity contribution is 8.02. The van der Waals surface area contributed by atoms with Crippen LogP contribution in [-0.4, -0.2) is 40.4 Å². The maximum atomic E-state index is 13.5. The first kappa shape index (κ1) is 23.2. The second-order valence-corrected chi connectivity index (χ2v) is 10.9. The van der Waals surface area contributed by atoms with Gasteiger partial charge in [0.15, 0.2) is 5.41 Å². The minimum absolute atomic E-state index is 0.0218. The fourth-order valence-electron chi connectivity index (χ4n) is 5.91. The van der Waals surface area contributed by atoms with E-state index in [-0.39, 0.29) is 19.0 Å². The third kappa shape index (κ3) is 2.06. The minimum atomic E-state index is -2.24. The largest absolute Gasteiger partial charge is 0.465 e. The summed E-state index contributed by atoms with van der Waals surface area (Å²) in [6, 6.07) is 4.07. The Morgan fingerprint density at radius 2 is 1.24 bits per heavy atom. The zero-order valence-electron chi connectivity index (χ0n) is 18.3. The zero-order valence-corrected chi connectivity index (χ0v) is 19.1. The van der Waals surface area contributed by atoms with Gasteiger partial charge in [-0.2, -0.15) is 10.5 Å². The third-order valence-corrected chi connectivity index (χ3v) is 9.25. The van der Waals surface area contributed by atoms with Gasteiger partial charge in [-0.1, -0.05) is 27.7 Å². The van der Waals surface area contributed by atoms with Gasteiger partial charge in [0.05, 0.1) is 30.1 Å². The van der Waals surface area contributed by atoms with Crippen molar-refractivity contribution in [2.45, 2.75) is 64.9 Å². The summed E-state index contributed by atoms with van der Waals surface area (Å²) in [7, 11) is 0. The van der Waals surface area contributed by atoms with E-state index in [1.165, 1.54) is 11.8 Å². The molecule has 29 heavy (non-hydrogen) atoms. The number of hydrogen-bond donors (Lipinski definition) is 0. The number of Topliss-reactive ketones (excluding diaryl/α,β-unsaturated/α-hetero) is 1. The molecule has 1 spiro atoms. The van der Waals surface area contributed by atoms with Gasteiger partial charge in [-0.15, -0.1) is 11.8 Å². The van der Waals surface area contributed by atoms with Crippen LogP contribution in [0.25, 0.3) is 0 Å². The van der Waals surface area contributed by atoms with Crippen LogP contribution in [0, 0.1) is 44.3 Å². The minimum Gasteiger partial charge on any atom is -0.465 e. The van der Waals surface area contributed by atoms with Gasteiger partial charge < -0.3 is 9.47 Å². The molecule has 1 saturated heterocycles. The lowest BCUT2D eigenvalue weighted by Crippen LogP contribution is -2.80. The molecule has 2 rings (SSSR count). The molecule has 1 aliphatic heterocycles. The van der Waals surface area contributed by atoms with Crippen molar-refractivity contribution in [2.75, 3.05) is 13.2 Å². The second-order valence-electron chi connectivity index (χ2n) is 9.04. The number of carbonyl (C=O) groups is 3. The maximum absolute atomic E-state index is 13.5. The summed E-state index contributed by atoms with van der Waals surface area (Å²) in [5.74, 6) is -2.06. The van der Waals surface area contributed by atoms with Crippen LogP contribution < -0.4 is 0 Å². The van der Waals surface area contributed by atoms with Gasteiger partial charge in [-0.3, -0.25) is 14.4 Å². The van der Waals surface area contributed by atoms with Crippen LogP contribution in [0.3, 0.4) is 0 Å². The molecule has 2 atom stereocenters. The Morgan fingerprint density at radius 3 is 1.59 bits per heavy atom. The molecule has 0 radical (unpaired) electrons. The van der Waals surface area contributed by atoms with Gasteiger partial charge in [-0.25, -0.2) is 0 Å². The number of hydrogen-bond acceptors (Lipinski definition) is 8. The van der Waals surface area contributed by atoms with Crippen molar-refractivity contribution in [3.8, 4) is 12.1 Å². The Balaban J connectivity index is 3.10. The standard InChI is InChI=1S/C21H28N2O5S/c1-9-27-14(25)19(11-22)18(7,8)29-21(16(3,4)13(24)17(21,5)6)20(19,12-23)15(26)28-10-2/h9-10H2,1-8H3/t19-,20-/m0/s1. The third-order valence-electron chi connectivity index (χ3n) is 6.80. The van der Waals surface area contributed by atoms with E-state index in [1.54, 1.807) is 55.4 Å². The number of carbonyl (C=O) groups excluding carboxylic acids is 3. The summed E-state index contributed by atoms with van der Waals surface area (Å²) in [5.41, 5.74) is -6.74. The van der Waals surface area contributed by atoms with Gasteiger partial charge in [0, 0.05) is 15.6 Å². The van der Waals surface area contributed by atoms with Crippen molar-refractivity contribution >= 4 is 29.5 Å². The molecule has 0 N–H and O–H groups in total. The van der Waals surface area contributed by atoms with Crippen molar-refractivity contribution < 1.29 is 23.9 Å². The SMILES string of the molecule is CCOC(=O)[C@@]1(C#N)C(C)(C)SC2(C(C)(C)C(=O)C2(C)C)[C@@]1(C#N)C(=O)OCC. The Bertz CT molecular complexity index is 845. The lowest BCUT2D eigenvalue weighted by atomic mass is 9.35. The number of ketones is 1. The van der Waals surface area contributed by atoms with Crippen LogP contribution >= 0.6 is 11.8 Å². The van der Waals surface area contributed by atoms with Gasteiger partial charge in [0.2, 0.25) is 5.41 Å². The van der Waals surface area contributed by atoms with Gasteiger partial charge in [0.25, 0.3) is 0 Å². The second kappa shape index (κ2) is 6.47. The number of esters is 2. The summed E-state index contributed by atoms with van der Waals surface area (Å²) in [6.45, 7) is 13.0. The normalized spacial score (nSPS) is 32.6. The predicted molar refractivity (Wildman–Crippen MR) is 106 cm³/mol. The molecule has 2 aliphatic rings. The summed E-state index contributed by atoms with van der Waals surface area (Å²) in [6.07, 6.45) is 0. The van der Waals surface area contributed by atoms with E-state index in [0.717, 1.165) is 0 Å². The van der Waals surface area contributed by atoms with E-state index >= 15 is 0 Å². The number of nitriles is 2. The number of nitrogens with zero attached hydrogens (tertiary/aromatic N) is 2. The van der Waals surface area contributed by atoms with E-state index in [1.807, 2.05) is 6.07 Å². The Kier molecular flexibility index (Phi) is 5.18. The van der Waals surface area contributed by atoms with E-state index in [2.05, 4.69) is 6.07 Å². The molecule has 0 unspecified atom stereocenters. The fraction of sp³-hybridized carbons (Fsp3) is 0.762. The first-order chi connectivity index (χ1) is 13.2. The van der Waals surface area contributed by atoms with E-state index in [9.17, 15) is 24.9 Å². The highest BCUT2D eigenvalue weighted by Gasteiger charge is 2.95. The average Bonchev–Trinajstić information content (AvgIpc) is 2.84. The predicted octanol–water partition coefficient (Wildman–Crippen LogP) is 3.03. The summed E-state index contributed by atoms with van der Waals surface area (Å²) in [4.78, 5) is 39.9. The van der Waals surface area contributed by atoms with Gasteiger partial charge in [0.1, 0.15) is 5.78 Å². The smallest absolute Gasteiger partial charge is 0.330 e. The molecule has 0 amide bonds. The summed E-state index contributed by atoms with van der Waals surface area (Å²) in [5, 5.41) is 20.9. The lowest BCUT2D eigenvalue weighted by Gasteiger charge is -2.67. The van der Waals surface area contributed by atoms with Crippen LogP contribution in [0.4, 0.5) is 0 Å². The fourth-order valence-corrected chi connectivity index (χ4v) is 8.24. The van der Waals surface area contributed by atoms with Crippen molar-refractivity contribution in [3.63, 3.8) is 0 Å². The van der Waals surface area contributed by atoms with Crippen LogP contribution in [0.1, 0.15) is 55.4 Å². The molecular formula is C21H28N2O5S. The maximum Gasteiger partial charge on any atom is 0.330 e. The molecule has 0 aromatic rings. The van der Waals surface area contributed by atoms with Crippen molar-refractivity contribution in [2.24, 2.45) is 21.7 Å². The number of thioether (sulfide) groups is 1. The van der Waals surface area contributed by atoms with E-state index < -0.39 is 43.1 Å². The van der Waals surface area contributed by atoms with Crippen molar-refractivity contribution in [1.82, 2.24) is 0 Å². The van der Waals surface area contributed by atoms with Crippen molar-refractivity contribution in [3.05, 3.63) is 0 Å². The molecule has 1 aliphatic carbocycles. The summed E-state index contributed by atoms with van der Waals surface area (Å²) < 4.78 is 7.96. The van der Waals surface area contributed by atoms with Gasteiger partial charge >= 0.3 is 11.9 Å². The Labute approximate surface area is 176 Å².